The van der Waals surface area contributed by atoms with Gasteiger partial charge < -0.3 is 89.9 Å². The second-order valence-corrected chi connectivity index (χ2v) is 26.0. The SMILES string of the molecule is CC/C=C\C/C=C\C/C=C\C/C=C\CCCCCCCCCCCCCCCCCCC(=O)NC(COC1OC(CO)C(OC2OC(CO)C(OC3OC(CO)C(O)C(O)C3O)C(O)C2O)C(O)C1O)C(O)/C=C/CC/C=C/CC/C=C/CCCCCCCCCCCC. The van der Waals surface area contributed by atoms with Gasteiger partial charge in [0.15, 0.2) is 18.9 Å². The molecule has 3 heterocycles. The van der Waals surface area contributed by atoms with Gasteiger partial charge in [0.1, 0.15) is 73.2 Å². The minimum atomic E-state index is -1.99. The van der Waals surface area contributed by atoms with Crippen molar-refractivity contribution in [1.82, 2.24) is 5.32 Å². The number of amides is 1. The lowest BCUT2D eigenvalue weighted by Gasteiger charge is -2.48. The molecule has 3 fully saturated rings. The number of carbonyl (C=O) groups is 1. The molecule has 0 saturated carbocycles. The lowest BCUT2D eigenvalue weighted by atomic mass is 9.96. The number of ether oxygens (including phenoxy) is 6. The third-order valence-electron chi connectivity index (χ3n) is 17.9. The summed E-state index contributed by atoms with van der Waals surface area (Å²) in [5.41, 5.74) is 0. The zero-order valence-corrected chi connectivity index (χ0v) is 57.7. The molecule has 544 valence electrons. The Morgan fingerprint density at radius 2 is 0.745 bits per heavy atom. The molecule has 3 aliphatic heterocycles. The van der Waals surface area contributed by atoms with E-state index in [1.54, 1.807) is 6.08 Å². The Hall–Kier alpha value is -3.03. The van der Waals surface area contributed by atoms with Crippen LogP contribution in [-0.2, 0) is 33.2 Å². The quantitative estimate of drug-likeness (QED) is 0.0199. The molecule has 0 aromatic heterocycles. The van der Waals surface area contributed by atoms with Gasteiger partial charge in [0, 0.05) is 6.42 Å². The van der Waals surface area contributed by atoms with E-state index >= 15 is 0 Å². The van der Waals surface area contributed by atoms with E-state index in [0.717, 1.165) is 70.6 Å². The van der Waals surface area contributed by atoms with Crippen molar-refractivity contribution < 1.29 is 89.4 Å². The Balaban J connectivity index is 1.41. The molecule has 0 bridgehead atoms. The highest BCUT2D eigenvalue weighted by molar-refractivity contribution is 5.76. The van der Waals surface area contributed by atoms with Gasteiger partial charge in [-0.05, 0) is 83.5 Å². The highest BCUT2D eigenvalue weighted by Crippen LogP contribution is 2.33. The van der Waals surface area contributed by atoms with Crippen LogP contribution in [0.5, 0.6) is 0 Å². The van der Waals surface area contributed by atoms with Crippen LogP contribution in [0, 0.1) is 0 Å². The van der Waals surface area contributed by atoms with E-state index in [0.29, 0.717) is 12.8 Å². The van der Waals surface area contributed by atoms with E-state index in [4.69, 9.17) is 28.4 Å². The Morgan fingerprint density at radius 3 is 1.19 bits per heavy atom. The fourth-order valence-corrected chi connectivity index (χ4v) is 12.0. The molecule has 19 heteroatoms. The summed E-state index contributed by atoms with van der Waals surface area (Å²) in [6, 6.07) is -1.00. The van der Waals surface area contributed by atoms with Gasteiger partial charge >= 0.3 is 0 Å². The second kappa shape index (κ2) is 55.8. The largest absolute Gasteiger partial charge is 0.394 e. The summed E-state index contributed by atoms with van der Waals surface area (Å²) in [5, 5.41) is 121. The van der Waals surface area contributed by atoms with E-state index < -0.39 is 124 Å². The maximum Gasteiger partial charge on any atom is 0.220 e. The molecule has 94 heavy (non-hydrogen) atoms. The molecule has 17 atom stereocenters. The highest BCUT2D eigenvalue weighted by Gasteiger charge is 2.53. The number of aliphatic hydroxyl groups is 11. The standard InChI is InChI=1S/C75H131NO18/c1-3-5-7-9-11-13-15-17-19-21-23-25-26-27-28-29-30-31-32-33-35-37-39-41-43-45-47-49-51-53-63(81)76-58(59(80)52-50-48-46-44-42-40-38-36-34-24-22-20-18-16-14-12-10-8-6-4-2)57-89-73-69(87)66(84)71(61(55-78)91-73)94-75-70(88)67(85)72(62(56-79)92-75)93-74-68(86)65(83)64(82)60(54-77)90-74/h5,7,11,13,17,19,23,25,34,36,42,44,50,52,58-62,64-75,77-80,82-88H,3-4,6,8-10,12,14-16,18,20-22,24,26-33,35,37-41,43,45-49,51,53-57H2,1-2H3,(H,76,81)/b7-5-,13-11-,19-17-,25-23-,36-34+,44-42+,52-50+. The van der Waals surface area contributed by atoms with Crippen molar-refractivity contribution in [1.29, 1.82) is 0 Å². The number of rotatable bonds is 56. The molecular weight excluding hydrogens is 1200 g/mol. The number of hydrogen-bond donors (Lipinski definition) is 12. The Morgan fingerprint density at radius 1 is 0.394 bits per heavy atom. The van der Waals surface area contributed by atoms with E-state index in [-0.39, 0.29) is 18.9 Å². The summed E-state index contributed by atoms with van der Waals surface area (Å²) in [4.78, 5) is 13.4. The number of unbranched alkanes of at least 4 members (excludes halogenated alkanes) is 28. The topological polar surface area (TPSA) is 307 Å². The monoisotopic (exact) mass is 1330 g/mol. The summed E-state index contributed by atoms with van der Waals surface area (Å²) in [6.07, 6.45) is 45.6. The van der Waals surface area contributed by atoms with Gasteiger partial charge in [-0.15, -0.1) is 0 Å². The lowest BCUT2D eigenvalue weighted by molar-refractivity contribution is -0.379. The normalized spacial score (nSPS) is 27.9. The fraction of sp³-hybridized carbons (Fsp3) is 0.800. The molecule has 3 saturated heterocycles. The maximum atomic E-state index is 13.4. The highest BCUT2D eigenvalue weighted by atomic mass is 16.8. The van der Waals surface area contributed by atoms with Crippen LogP contribution < -0.4 is 5.32 Å². The van der Waals surface area contributed by atoms with Gasteiger partial charge in [-0.25, -0.2) is 0 Å². The van der Waals surface area contributed by atoms with Crippen LogP contribution in [0.3, 0.4) is 0 Å². The molecule has 3 aliphatic rings. The first-order valence-corrected chi connectivity index (χ1v) is 36.8. The van der Waals surface area contributed by atoms with Crippen molar-refractivity contribution in [2.45, 2.75) is 356 Å². The Kier molecular flexibility index (Phi) is 50.6. The Labute approximate surface area is 565 Å². The van der Waals surface area contributed by atoms with E-state index in [9.17, 15) is 61.0 Å². The molecule has 12 N–H and O–H groups in total. The van der Waals surface area contributed by atoms with Crippen LogP contribution in [0.15, 0.2) is 85.1 Å². The first-order valence-electron chi connectivity index (χ1n) is 36.8. The van der Waals surface area contributed by atoms with Gasteiger partial charge in [0.05, 0.1) is 38.6 Å². The third kappa shape index (κ3) is 36.7. The summed E-state index contributed by atoms with van der Waals surface area (Å²) in [5.74, 6) is -0.290. The molecule has 0 aromatic rings. The van der Waals surface area contributed by atoms with Crippen molar-refractivity contribution in [2.24, 2.45) is 0 Å². The molecule has 19 nitrogen and oxygen atoms in total. The minimum absolute atomic E-state index is 0.229. The predicted octanol–water partition coefficient (Wildman–Crippen LogP) is 10.7. The molecule has 17 unspecified atom stereocenters. The van der Waals surface area contributed by atoms with Crippen molar-refractivity contribution in [2.75, 3.05) is 26.4 Å². The number of allylic oxidation sites excluding steroid dienone is 13. The molecule has 0 aromatic carbocycles. The van der Waals surface area contributed by atoms with E-state index in [1.165, 1.54) is 148 Å². The average Bonchev–Trinajstić information content (AvgIpc) is 0.787. The maximum absolute atomic E-state index is 13.4. The lowest BCUT2D eigenvalue weighted by Crippen LogP contribution is -2.66. The van der Waals surface area contributed by atoms with Gasteiger partial charge in [-0.1, -0.05) is 247 Å². The summed E-state index contributed by atoms with van der Waals surface area (Å²) in [7, 11) is 0. The first-order chi connectivity index (χ1) is 45.8. The number of aliphatic hydroxyl groups excluding tert-OH is 11. The van der Waals surface area contributed by atoms with E-state index in [1.807, 2.05) is 6.08 Å². The molecule has 3 rings (SSSR count). The summed E-state index contributed by atoms with van der Waals surface area (Å²) < 4.78 is 34.4. The smallest absolute Gasteiger partial charge is 0.220 e. The van der Waals surface area contributed by atoms with Crippen molar-refractivity contribution in [3.8, 4) is 0 Å². The molecule has 0 spiro atoms. The third-order valence-corrected chi connectivity index (χ3v) is 17.9. The second-order valence-electron chi connectivity index (χ2n) is 26.0. The summed E-state index contributed by atoms with van der Waals surface area (Å²) in [6.45, 7) is 1.60. The van der Waals surface area contributed by atoms with Crippen LogP contribution in [0.2, 0.25) is 0 Å². The van der Waals surface area contributed by atoms with Crippen molar-refractivity contribution in [3.05, 3.63) is 85.1 Å². The van der Waals surface area contributed by atoms with Crippen LogP contribution in [0.25, 0.3) is 0 Å². The zero-order chi connectivity index (χ0) is 68.2. The van der Waals surface area contributed by atoms with Gasteiger partial charge in [0.25, 0.3) is 0 Å². The van der Waals surface area contributed by atoms with Crippen LogP contribution in [0.1, 0.15) is 251 Å². The van der Waals surface area contributed by atoms with Crippen molar-refractivity contribution >= 4 is 5.91 Å². The van der Waals surface area contributed by atoms with Gasteiger partial charge in [-0.3, -0.25) is 4.79 Å². The van der Waals surface area contributed by atoms with Crippen LogP contribution >= 0.6 is 0 Å². The summed E-state index contributed by atoms with van der Waals surface area (Å²) >= 11 is 0. The van der Waals surface area contributed by atoms with Crippen LogP contribution in [-0.4, -0.2) is 193 Å². The minimum Gasteiger partial charge on any atom is -0.394 e. The molecule has 0 radical (unpaired) electrons. The fourth-order valence-electron chi connectivity index (χ4n) is 12.0. The van der Waals surface area contributed by atoms with Crippen LogP contribution in [0.4, 0.5) is 0 Å². The van der Waals surface area contributed by atoms with Gasteiger partial charge in [0.2, 0.25) is 5.91 Å². The molecular formula is C75H131NO18. The van der Waals surface area contributed by atoms with E-state index in [2.05, 4.69) is 92.1 Å². The molecule has 0 aliphatic carbocycles. The average molecular weight is 1330 g/mol. The number of nitrogens with one attached hydrogen (secondary N) is 1. The van der Waals surface area contributed by atoms with Gasteiger partial charge in [-0.2, -0.15) is 0 Å². The predicted molar refractivity (Wildman–Crippen MR) is 369 cm³/mol. The van der Waals surface area contributed by atoms with Crippen molar-refractivity contribution in [3.63, 3.8) is 0 Å². The number of hydrogen-bond acceptors (Lipinski definition) is 18. The Bertz CT molecular complexity index is 2030. The number of carbonyl (C=O) groups excluding carboxylic acids is 1. The zero-order valence-electron chi connectivity index (χ0n) is 57.7. The molecule has 1 amide bonds. The first kappa shape index (κ1) is 85.2.